The van der Waals surface area contributed by atoms with E-state index >= 15 is 0 Å². The third kappa shape index (κ3) is 5.26. The summed E-state index contributed by atoms with van der Waals surface area (Å²) in [5.74, 6) is -1.87. The van der Waals surface area contributed by atoms with Crippen molar-refractivity contribution in [1.29, 1.82) is 0 Å². The number of nitrogens with one attached hydrogen (secondary N) is 2. The molecule has 9 heteroatoms. The number of phenols is 1. The van der Waals surface area contributed by atoms with Crippen molar-refractivity contribution in [3.8, 4) is 5.75 Å². The summed E-state index contributed by atoms with van der Waals surface area (Å²) in [6.07, 6.45) is 0. The number of anilines is 2. The minimum Gasteiger partial charge on any atom is -0.503 e. The van der Waals surface area contributed by atoms with E-state index in [1.165, 1.54) is 18.7 Å². The van der Waals surface area contributed by atoms with E-state index in [1.54, 1.807) is 12.1 Å². The maximum absolute atomic E-state index is 13.8. The van der Waals surface area contributed by atoms with E-state index in [9.17, 15) is 24.4 Å². The number of hydrogen-bond acceptors (Lipinski definition) is 6. The second-order valence-electron chi connectivity index (χ2n) is 6.35. The molecule has 0 aliphatic heterocycles. The minimum atomic E-state index is -1.06. The second-order valence-corrected chi connectivity index (χ2v) is 7.47. The first-order valence-electron chi connectivity index (χ1n) is 8.87. The van der Waals surface area contributed by atoms with E-state index in [0.717, 1.165) is 21.4 Å². The van der Waals surface area contributed by atoms with E-state index in [2.05, 4.69) is 10.6 Å². The lowest BCUT2D eigenvalue weighted by Crippen LogP contribution is -2.05. The minimum absolute atomic E-state index is 0.0545. The normalized spacial score (nSPS) is 10.5. The van der Waals surface area contributed by atoms with Crippen molar-refractivity contribution in [1.82, 2.24) is 0 Å². The first-order valence-corrected chi connectivity index (χ1v) is 9.69. The topological polar surface area (TPSA) is 104 Å². The van der Waals surface area contributed by atoms with Gasteiger partial charge in [-0.3, -0.25) is 14.9 Å². The van der Waals surface area contributed by atoms with Crippen molar-refractivity contribution < 1.29 is 19.2 Å². The molecular weight excluding hydrogens is 409 g/mol. The Bertz CT molecular complexity index is 1090. The highest BCUT2D eigenvalue weighted by molar-refractivity contribution is 7.99. The van der Waals surface area contributed by atoms with Crippen LogP contribution in [-0.2, 0) is 11.3 Å². The van der Waals surface area contributed by atoms with Crippen molar-refractivity contribution >= 4 is 34.7 Å². The molecule has 0 radical (unpaired) electrons. The summed E-state index contributed by atoms with van der Waals surface area (Å²) < 4.78 is 13.8. The molecule has 0 atom stereocenters. The third-order valence-corrected chi connectivity index (χ3v) is 5.23. The molecule has 0 bridgehead atoms. The van der Waals surface area contributed by atoms with Crippen LogP contribution in [-0.4, -0.2) is 15.9 Å². The number of halogens is 1. The average Bonchev–Trinajstić information content (AvgIpc) is 2.71. The molecule has 0 fully saturated rings. The Labute approximate surface area is 176 Å². The summed E-state index contributed by atoms with van der Waals surface area (Å²) in [7, 11) is 0. The maximum Gasteiger partial charge on any atom is 0.274 e. The fourth-order valence-corrected chi connectivity index (χ4v) is 3.65. The van der Waals surface area contributed by atoms with Crippen LogP contribution in [0.15, 0.2) is 70.5 Å². The highest BCUT2D eigenvalue weighted by Crippen LogP contribution is 2.34. The average molecular weight is 427 g/mol. The van der Waals surface area contributed by atoms with Crippen LogP contribution in [0.5, 0.6) is 5.75 Å². The molecule has 0 heterocycles. The summed E-state index contributed by atoms with van der Waals surface area (Å²) >= 11 is 1.49. The predicted molar refractivity (Wildman–Crippen MR) is 113 cm³/mol. The zero-order valence-electron chi connectivity index (χ0n) is 15.9. The molecule has 0 unspecified atom stereocenters. The van der Waals surface area contributed by atoms with Crippen LogP contribution in [0.3, 0.4) is 0 Å². The predicted octanol–water partition coefficient (Wildman–Crippen LogP) is 5.16. The van der Waals surface area contributed by atoms with Gasteiger partial charge in [-0.1, -0.05) is 30.0 Å². The number of nitro benzene ring substituents is 1. The van der Waals surface area contributed by atoms with Gasteiger partial charge >= 0.3 is 0 Å². The molecular formula is C21H18FN3O4S. The molecule has 0 saturated carbocycles. The smallest absolute Gasteiger partial charge is 0.274 e. The van der Waals surface area contributed by atoms with Crippen molar-refractivity contribution in [2.24, 2.45) is 0 Å². The number of nitrogens with zero attached hydrogens (tertiary/aromatic N) is 1. The van der Waals surface area contributed by atoms with Crippen molar-refractivity contribution in [3.63, 3.8) is 0 Å². The molecule has 3 N–H and O–H groups in total. The Morgan fingerprint density at radius 3 is 2.53 bits per heavy atom. The van der Waals surface area contributed by atoms with E-state index in [-0.39, 0.29) is 18.1 Å². The number of carbonyl (C=O) groups excluding carboxylic acids is 1. The van der Waals surface area contributed by atoms with Crippen molar-refractivity contribution in [3.05, 3.63) is 82.2 Å². The Hall–Kier alpha value is -3.59. The van der Waals surface area contributed by atoms with Crippen molar-refractivity contribution in [2.75, 3.05) is 10.6 Å². The van der Waals surface area contributed by atoms with E-state index in [4.69, 9.17) is 0 Å². The summed E-state index contributed by atoms with van der Waals surface area (Å²) in [4.78, 5) is 23.2. The number of hydrogen-bond donors (Lipinski definition) is 3. The molecule has 30 heavy (non-hydrogen) atoms. The Balaban J connectivity index is 1.76. The van der Waals surface area contributed by atoms with Crippen LogP contribution in [0.2, 0.25) is 0 Å². The molecule has 0 aromatic heterocycles. The summed E-state index contributed by atoms with van der Waals surface area (Å²) in [6.45, 7) is 1.66. The molecule has 1 amide bonds. The zero-order valence-corrected chi connectivity index (χ0v) is 16.7. The number of aromatic hydroxyl groups is 1. The zero-order chi connectivity index (χ0) is 21.7. The Morgan fingerprint density at radius 2 is 1.87 bits per heavy atom. The molecule has 0 aliphatic carbocycles. The van der Waals surface area contributed by atoms with E-state index in [1.807, 2.05) is 36.4 Å². The number of carbonyl (C=O) groups is 1. The van der Waals surface area contributed by atoms with Gasteiger partial charge in [-0.2, -0.15) is 0 Å². The van der Waals surface area contributed by atoms with Crippen LogP contribution >= 0.6 is 11.8 Å². The van der Waals surface area contributed by atoms with Gasteiger partial charge in [0.25, 0.3) is 5.69 Å². The molecule has 3 rings (SSSR count). The number of nitro groups is 1. The highest BCUT2D eigenvalue weighted by Gasteiger charge is 2.16. The monoisotopic (exact) mass is 427 g/mol. The van der Waals surface area contributed by atoms with Gasteiger partial charge in [0, 0.05) is 35.0 Å². The fourth-order valence-electron chi connectivity index (χ4n) is 2.70. The van der Waals surface area contributed by atoms with Gasteiger partial charge in [0.05, 0.1) is 16.7 Å². The third-order valence-electron chi connectivity index (χ3n) is 4.10. The molecule has 0 spiro atoms. The Morgan fingerprint density at radius 1 is 1.17 bits per heavy atom. The molecule has 7 nitrogen and oxygen atoms in total. The Kier molecular flexibility index (Phi) is 6.53. The van der Waals surface area contributed by atoms with Crippen molar-refractivity contribution in [2.45, 2.75) is 23.3 Å². The van der Waals surface area contributed by atoms with E-state index < -0.39 is 22.2 Å². The van der Waals surface area contributed by atoms with E-state index in [0.29, 0.717) is 11.8 Å². The number of rotatable bonds is 7. The lowest BCUT2D eigenvalue weighted by Gasteiger charge is -2.13. The fraction of sp³-hybridized carbons (Fsp3) is 0.0952. The molecule has 154 valence electrons. The molecule has 0 saturated heterocycles. The van der Waals surface area contributed by atoms with Gasteiger partial charge in [0.1, 0.15) is 0 Å². The SMILES string of the molecule is CC(=O)Nc1ccc(Sc2ccccc2CNc2cc([N+](=O)[O-])cc(F)c2O)cc1. The molecule has 3 aromatic rings. The van der Waals surface area contributed by atoms with Crippen LogP contribution in [0.25, 0.3) is 0 Å². The summed E-state index contributed by atoms with van der Waals surface area (Å²) in [5, 5.41) is 26.4. The second kappa shape index (κ2) is 9.27. The van der Waals surface area contributed by atoms with Gasteiger partial charge < -0.3 is 15.7 Å². The lowest BCUT2D eigenvalue weighted by molar-refractivity contribution is -0.385. The van der Waals surface area contributed by atoms with Crippen LogP contribution in [0.1, 0.15) is 12.5 Å². The first kappa shape index (κ1) is 21.1. The molecule has 3 aromatic carbocycles. The van der Waals surface area contributed by atoms with Crippen LogP contribution in [0.4, 0.5) is 21.5 Å². The molecule has 0 aliphatic rings. The largest absolute Gasteiger partial charge is 0.503 e. The van der Waals surface area contributed by atoms with Gasteiger partial charge in [0.15, 0.2) is 11.6 Å². The quantitative estimate of drug-likeness (QED) is 0.273. The van der Waals surface area contributed by atoms with Gasteiger partial charge in [0.2, 0.25) is 5.91 Å². The first-order chi connectivity index (χ1) is 14.3. The number of benzene rings is 3. The standard InChI is InChI=1S/C21H18FN3O4S/c1-13(26)24-15-6-8-17(9-7-15)30-20-5-3-2-4-14(20)12-23-19-11-16(25(28)29)10-18(22)21(19)27/h2-11,23,27H,12H2,1H3,(H,24,26). The van der Waals surface area contributed by atoms with Gasteiger partial charge in [-0.15, -0.1) is 0 Å². The highest BCUT2D eigenvalue weighted by atomic mass is 32.2. The number of phenolic OH excluding ortho intramolecular Hbond substituents is 1. The van der Waals surface area contributed by atoms with Crippen LogP contribution < -0.4 is 10.6 Å². The maximum atomic E-state index is 13.8. The number of amides is 1. The van der Waals surface area contributed by atoms with Gasteiger partial charge in [-0.25, -0.2) is 4.39 Å². The van der Waals surface area contributed by atoms with Gasteiger partial charge in [-0.05, 0) is 35.9 Å². The lowest BCUT2D eigenvalue weighted by atomic mass is 10.2. The van der Waals surface area contributed by atoms with Crippen LogP contribution in [0, 0.1) is 15.9 Å². The summed E-state index contributed by atoms with van der Waals surface area (Å²) in [5.41, 5.74) is 1.06. The summed E-state index contributed by atoms with van der Waals surface area (Å²) in [6, 6.07) is 16.6. The number of non-ortho nitro benzene ring substituents is 1.